The van der Waals surface area contributed by atoms with E-state index in [1.54, 1.807) is 0 Å². The largest absolute Gasteiger partial charge is 0.550 e. The van der Waals surface area contributed by atoms with Crippen molar-refractivity contribution >= 4 is 17.7 Å². The van der Waals surface area contributed by atoms with Crippen molar-refractivity contribution in [3.63, 3.8) is 0 Å². The summed E-state index contributed by atoms with van der Waals surface area (Å²) in [5, 5.41) is 10.8. The molecule has 0 aromatic rings. The number of carbonyl (C=O) groups excluding carboxylic acids is 1. The normalized spacial score (nSPS) is 32.0. The highest BCUT2D eigenvalue weighted by Gasteiger charge is 2.36. The minimum absolute atomic E-state index is 0.187. The maximum absolute atomic E-state index is 10.2. The Bertz CT molecular complexity index is 201. The Hall–Kier alpha value is -0.260. The summed E-state index contributed by atoms with van der Waals surface area (Å²) in [5.74, 6) is 0.157. The van der Waals surface area contributed by atoms with Crippen LogP contribution >= 0.6 is 11.8 Å². The summed E-state index contributed by atoms with van der Waals surface area (Å²) in [6.07, 6.45) is 2.95. The van der Waals surface area contributed by atoms with Gasteiger partial charge in [-0.05, 0) is 19.3 Å². The van der Waals surface area contributed by atoms with Gasteiger partial charge in [0, 0.05) is 5.97 Å². The van der Waals surface area contributed by atoms with Crippen molar-refractivity contribution in [1.82, 2.24) is 0 Å². The van der Waals surface area contributed by atoms with E-state index in [-0.39, 0.29) is 6.42 Å². The van der Waals surface area contributed by atoms with E-state index in [0.717, 1.165) is 25.0 Å². The van der Waals surface area contributed by atoms with Gasteiger partial charge >= 0.3 is 0 Å². The average molecular weight is 219 g/mol. The third-order valence-electron chi connectivity index (χ3n) is 2.73. The number of carbonyl (C=O) groups is 1. The van der Waals surface area contributed by atoms with E-state index in [1.807, 2.05) is 11.8 Å². The molecule has 1 aliphatic rings. The maximum atomic E-state index is 10.2. The minimum atomic E-state index is -0.940. The zero-order valence-corrected chi connectivity index (χ0v) is 9.22. The van der Waals surface area contributed by atoms with Gasteiger partial charge in [0.15, 0.2) is 0 Å². The molecule has 5 heteroatoms. The third-order valence-corrected chi connectivity index (χ3v) is 4.36. The van der Waals surface area contributed by atoms with Gasteiger partial charge in [0.1, 0.15) is 12.1 Å². The van der Waals surface area contributed by atoms with Crippen molar-refractivity contribution in [2.24, 2.45) is 0 Å². The maximum Gasteiger partial charge on any atom is 0.149 e. The van der Waals surface area contributed by atoms with E-state index in [9.17, 15) is 9.90 Å². The van der Waals surface area contributed by atoms with Crippen LogP contribution < -0.4 is 16.6 Å². The van der Waals surface area contributed by atoms with Gasteiger partial charge in [-0.1, -0.05) is 6.42 Å². The molecule has 0 saturated carbocycles. The summed E-state index contributed by atoms with van der Waals surface area (Å²) in [6, 6.07) is 0.897. The first-order valence-electron chi connectivity index (χ1n) is 5.09. The molecule has 0 aromatic heterocycles. The number of carboxylic acids is 1. The monoisotopic (exact) mass is 219 g/mol. The lowest BCUT2D eigenvalue weighted by Crippen LogP contribution is -2.80. The number of hydrogen-bond acceptors (Lipinski definition) is 3. The number of aliphatic carboxylic acids is 1. The molecule has 82 valence electrons. The summed E-state index contributed by atoms with van der Waals surface area (Å²) >= 11 is 1.93. The molecule has 3 atom stereocenters. The second-order valence-corrected chi connectivity index (χ2v) is 5.19. The molecule has 1 fully saturated rings. The van der Waals surface area contributed by atoms with E-state index < -0.39 is 5.97 Å². The minimum Gasteiger partial charge on any atom is -0.550 e. The number of unbranched alkanes of at least 4 members (excludes halogenated alkanes) is 1. The highest BCUT2D eigenvalue weighted by Crippen LogP contribution is 2.27. The average Bonchev–Trinajstić information content (AvgIpc) is 2.43. The molecule has 1 saturated heterocycles. The topological polar surface area (TPSA) is 95.4 Å². The molecule has 1 aliphatic heterocycles. The number of hydrogen-bond donors (Lipinski definition) is 2. The van der Waals surface area contributed by atoms with Gasteiger partial charge in [-0.15, -0.1) is 11.8 Å². The Balaban J connectivity index is 2.10. The third kappa shape index (κ3) is 3.48. The van der Waals surface area contributed by atoms with Crippen molar-refractivity contribution in [3.05, 3.63) is 0 Å². The van der Waals surface area contributed by atoms with Gasteiger partial charge in [0.25, 0.3) is 0 Å². The quantitative estimate of drug-likeness (QED) is 0.506. The summed E-state index contributed by atoms with van der Waals surface area (Å²) < 4.78 is 0. The first kappa shape index (κ1) is 11.8. The van der Waals surface area contributed by atoms with Crippen molar-refractivity contribution < 1.29 is 21.4 Å². The van der Waals surface area contributed by atoms with Crippen LogP contribution in [0, 0.1) is 0 Å². The molecule has 4 nitrogen and oxygen atoms in total. The number of rotatable bonds is 5. The Morgan fingerprint density at radius 3 is 2.64 bits per heavy atom. The van der Waals surface area contributed by atoms with Crippen LogP contribution in [0.4, 0.5) is 0 Å². The van der Waals surface area contributed by atoms with Crippen LogP contribution in [0.2, 0.25) is 0 Å². The standard InChI is InChI=1S/C9H18N2O2S/c10-6-5-14-7(9(6)11)3-1-2-4-8(12)13/h6-7,9H,1-5,10-11H2,(H,12,13)/p+1/t6-,7-,9-/m1/s1. The molecule has 0 unspecified atom stereocenters. The molecular weight excluding hydrogens is 200 g/mol. The molecule has 0 radical (unpaired) electrons. The smallest absolute Gasteiger partial charge is 0.149 e. The predicted molar refractivity (Wildman–Crippen MR) is 53.1 cm³/mol. The lowest BCUT2D eigenvalue weighted by molar-refractivity contribution is -0.520. The SMILES string of the molecule is [NH3+][C@@H]1[C@H]([NH3+])CS[C@@H]1CCCCC(=O)[O-]. The van der Waals surface area contributed by atoms with Crippen LogP contribution in [-0.2, 0) is 4.79 Å². The molecular formula is C9H19N2O2S+. The fraction of sp³-hybridized carbons (Fsp3) is 0.889. The molecule has 0 aliphatic carbocycles. The second kappa shape index (κ2) is 5.58. The van der Waals surface area contributed by atoms with Gasteiger partial charge in [-0.2, -0.15) is 0 Å². The molecule has 0 amide bonds. The van der Waals surface area contributed by atoms with E-state index >= 15 is 0 Å². The van der Waals surface area contributed by atoms with E-state index in [4.69, 9.17) is 0 Å². The zero-order valence-electron chi connectivity index (χ0n) is 8.41. The number of carboxylic acid groups (broad SMARTS) is 1. The molecule has 1 heterocycles. The van der Waals surface area contributed by atoms with Crippen molar-refractivity contribution in [2.75, 3.05) is 5.75 Å². The van der Waals surface area contributed by atoms with Crippen molar-refractivity contribution in [3.8, 4) is 0 Å². The van der Waals surface area contributed by atoms with Gasteiger partial charge in [0.05, 0.1) is 11.0 Å². The van der Waals surface area contributed by atoms with E-state index in [0.29, 0.717) is 17.3 Å². The number of quaternary nitrogens is 2. The molecule has 0 aromatic carbocycles. The first-order valence-corrected chi connectivity index (χ1v) is 6.13. The summed E-state index contributed by atoms with van der Waals surface area (Å²) in [6.45, 7) is 0. The lowest BCUT2D eigenvalue weighted by atomic mass is 10.0. The molecule has 6 N–H and O–H groups in total. The van der Waals surface area contributed by atoms with Crippen LogP contribution in [0.15, 0.2) is 0 Å². The Morgan fingerprint density at radius 2 is 2.14 bits per heavy atom. The predicted octanol–water partition coefficient (Wildman–Crippen LogP) is -2.37. The summed E-state index contributed by atoms with van der Waals surface area (Å²) in [5.41, 5.74) is 8.14. The number of thioether (sulfide) groups is 1. The van der Waals surface area contributed by atoms with Crippen LogP contribution in [0.25, 0.3) is 0 Å². The molecule has 14 heavy (non-hydrogen) atoms. The molecule has 0 spiro atoms. The van der Waals surface area contributed by atoms with Gasteiger partial charge in [-0.3, -0.25) is 0 Å². The van der Waals surface area contributed by atoms with Crippen molar-refractivity contribution in [2.45, 2.75) is 43.0 Å². The van der Waals surface area contributed by atoms with E-state index in [1.165, 1.54) is 0 Å². The zero-order chi connectivity index (χ0) is 10.6. The van der Waals surface area contributed by atoms with Crippen LogP contribution in [-0.4, -0.2) is 29.1 Å². The van der Waals surface area contributed by atoms with Crippen molar-refractivity contribution in [1.29, 1.82) is 0 Å². The summed E-state index contributed by atoms with van der Waals surface area (Å²) in [4.78, 5) is 10.2. The first-order chi connectivity index (χ1) is 6.61. The Labute approximate surface area is 88.4 Å². The van der Waals surface area contributed by atoms with Crippen LogP contribution in [0.1, 0.15) is 25.7 Å². The fourth-order valence-corrected chi connectivity index (χ4v) is 3.25. The lowest BCUT2D eigenvalue weighted by Gasteiger charge is -2.11. The highest BCUT2D eigenvalue weighted by atomic mass is 32.2. The highest BCUT2D eigenvalue weighted by molar-refractivity contribution is 8.00. The van der Waals surface area contributed by atoms with E-state index in [2.05, 4.69) is 11.5 Å². The second-order valence-electron chi connectivity index (χ2n) is 3.91. The van der Waals surface area contributed by atoms with Crippen LogP contribution in [0.5, 0.6) is 0 Å². The van der Waals surface area contributed by atoms with Gasteiger partial charge < -0.3 is 21.4 Å². The fourth-order valence-electron chi connectivity index (χ4n) is 1.71. The molecule has 1 rings (SSSR count). The van der Waals surface area contributed by atoms with Gasteiger partial charge in [0.2, 0.25) is 0 Å². The Morgan fingerprint density at radius 1 is 1.43 bits per heavy atom. The summed E-state index contributed by atoms with van der Waals surface area (Å²) in [7, 11) is 0. The molecule has 0 bridgehead atoms. The van der Waals surface area contributed by atoms with Gasteiger partial charge in [-0.25, -0.2) is 0 Å². The Kier molecular flexibility index (Phi) is 4.71. The van der Waals surface area contributed by atoms with Crippen LogP contribution in [0.3, 0.4) is 0 Å².